The van der Waals surface area contributed by atoms with Gasteiger partial charge >= 0.3 is 0 Å². The van der Waals surface area contributed by atoms with Crippen LogP contribution in [0, 0.1) is 0 Å². The molecule has 24 heavy (non-hydrogen) atoms. The molecule has 0 amide bonds. The molecule has 0 aliphatic heterocycles. The van der Waals surface area contributed by atoms with Crippen molar-refractivity contribution in [3.05, 3.63) is 0 Å². The lowest BCUT2D eigenvalue weighted by Gasteiger charge is -2.20. The SMILES string of the molecule is CCCCOC(NS(=O)(=O)C(=S)OCC)NS(=O)(=O)C(=S)OCC. The monoisotopic (exact) mass is 422 g/mol. The van der Waals surface area contributed by atoms with Gasteiger partial charge in [0.1, 0.15) is 0 Å². The minimum absolute atomic E-state index is 0.0429. The molecule has 0 atom stereocenters. The van der Waals surface area contributed by atoms with Crippen LogP contribution in [-0.2, 0) is 34.3 Å². The van der Waals surface area contributed by atoms with Gasteiger partial charge in [0.05, 0.1) is 19.8 Å². The molecule has 0 rings (SSSR count). The minimum Gasteiger partial charge on any atom is -0.475 e. The second-order valence-corrected chi connectivity index (χ2v) is 8.70. The highest BCUT2D eigenvalue weighted by atomic mass is 32.2. The van der Waals surface area contributed by atoms with E-state index in [2.05, 4.69) is 24.4 Å². The normalized spacial score (nSPS) is 12.2. The molecule has 0 aromatic heterocycles. The number of thiocarbonyl (C=S) groups is 2. The highest BCUT2D eigenvalue weighted by Crippen LogP contribution is 2.02. The molecule has 13 heteroatoms. The van der Waals surface area contributed by atoms with E-state index in [1.807, 2.05) is 16.4 Å². The number of ether oxygens (including phenoxy) is 3. The van der Waals surface area contributed by atoms with Crippen molar-refractivity contribution in [1.29, 1.82) is 0 Å². The molecular weight excluding hydrogens is 400 g/mol. The third kappa shape index (κ3) is 8.60. The lowest BCUT2D eigenvalue weighted by atomic mass is 10.4. The third-order valence-electron chi connectivity index (χ3n) is 2.27. The summed E-state index contributed by atoms with van der Waals surface area (Å²) < 4.78 is 65.1. The van der Waals surface area contributed by atoms with E-state index in [0.717, 1.165) is 6.42 Å². The Morgan fingerprint density at radius 2 is 1.33 bits per heavy atom. The zero-order valence-corrected chi connectivity index (χ0v) is 16.9. The molecular formula is C11H22N2O7S4. The molecule has 0 heterocycles. The Balaban J connectivity index is 5.18. The quantitative estimate of drug-likeness (QED) is 0.296. The summed E-state index contributed by atoms with van der Waals surface area (Å²) in [6, 6.07) is 0. The fourth-order valence-corrected chi connectivity index (χ4v) is 3.36. The van der Waals surface area contributed by atoms with Crippen LogP contribution in [-0.4, -0.2) is 51.8 Å². The Morgan fingerprint density at radius 3 is 1.67 bits per heavy atom. The van der Waals surface area contributed by atoms with E-state index in [9.17, 15) is 16.8 Å². The molecule has 0 bridgehead atoms. The molecule has 0 unspecified atom stereocenters. The summed E-state index contributed by atoms with van der Waals surface area (Å²) in [6.45, 7) is 5.19. The highest BCUT2D eigenvalue weighted by Gasteiger charge is 2.30. The lowest BCUT2D eigenvalue weighted by Crippen LogP contribution is -2.52. The molecule has 0 aliphatic carbocycles. The third-order valence-corrected chi connectivity index (χ3v) is 5.98. The molecule has 9 nitrogen and oxygen atoms in total. The summed E-state index contributed by atoms with van der Waals surface area (Å²) in [5.41, 5.74) is 0. The predicted octanol–water partition coefficient (Wildman–Crippen LogP) is 0.568. The highest BCUT2D eigenvalue weighted by molar-refractivity contribution is 8.16. The number of hydrogen-bond donors (Lipinski definition) is 2. The van der Waals surface area contributed by atoms with Crippen molar-refractivity contribution < 1.29 is 31.0 Å². The first-order valence-corrected chi connectivity index (χ1v) is 10.9. The van der Waals surface area contributed by atoms with Crippen LogP contribution in [0.3, 0.4) is 0 Å². The summed E-state index contributed by atoms with van der Waals surface area (Å²) >= 11 is 9.24. The average molecular weight is 423 g/mol. The summed E-state index contributed by atoms with van der Waals surface area (Å²) in [5, 5.41) is 0. The van der Waals surface area contributed by atoms with Crippen molar-refractivity contribution in [2.75, 3.05) is 19.8 Å². The van der Waals surface area contributed by atoms with Crippen LogP contribution in [0.4, 0.5) is 0 Å². The molecule has 142 valence electrons. The van der Waals surface area contributed by atoms with Crippen molar-refractivity contribution in [2.24, 2.45) is 0 Å². The molecule has 0 aromatic carbocycles. The molecule has 0 aliphatic rings. The summed E-state index contributed by atoms with van der Waals surface area (Å²) in [5.74, 6) is 0. The van der Waals surface area contributed by atoms with E-state index < -0.39 is 35.2 Å². The zero-order valence-electron chi connectivity index (χ0n) is 13.6. The molecule has 0 saturated heterocycles. The Bertz CT molecular complexity index is 568. The Kier molecular flexibility index (Phi) is 11.0. The van der Waals surface area contributed by atoms with E-state index in [4.69, 9.17) is 14.2 Å². The largest absolute Gasteiger partial charge is 0.475 e. The van der Waals surface area contributed by atoms with E-state index in [1.165, 1.54) is 0 Å². The van der Waals surface area contributed by atoms with Crippen LogP contribution in [0.5, 0.6) is 0 Å². The first-order valence-electron chi connectivity index (χ1n) is 7.10. The second-order valence-electron chi connectivity index (χ2n) is 4.21. The summed E-state index contributed by atoms with van der Waals surface area (Å²) in [4.78, 5) is 0. The molecule has 0 spiro atoms. The fraction of sp³-hybridized carbons (Fsp3) is 0.818. The van der Waals surface area contributed by atoms with Gasteiger partial charge in [-0.2, -0.15) is 9.44 Å². The van der Waals surface area contributed by atoms with Gasteiger partial charge in [-0.25, -0.2) is 16.8 Å². The maximum Gasteiger partial charge on any atom is 0.294 e. The van der Waals surface area contributed by atoms with Crippen LogP contribution in [0.1, 0.15) is 33.6 Å². The average Bonchev–Trinajstić information content (AvgIpc) is 2.47. The first kappa shape index (κ1) is 23.6. The van der Waals surface area contributed by atoms with Crippen molar-refractivity contribution in [2.45, 2.75) is 40.0 Å². The van der Waals surface area contributed by atoms with Crippen LogP contribution >= 0.6 is 24.4 Å². The van der Waals surface area contributed by atoms with Gasteiger partial charge in [0.25, 0.3) is 28.8 Å². The predicted molar refractivity (Wildman–Crippen MR) is 97.2 cm³/mol. The summed E-state index contributed by atoms with van der Waals surface area (Å²) in [7, 11) is -8.49. The smallest absolute Gasteiger partial charge is 0.294 e. The van der Waals surface area contributed by atoms with Crippen LogP contribution < -0.4 is 9.44 Å². The van der Waals surface area contributed by atoms with Crippen LogP contribution in [0.15, 0.2) is 0 Å². The first-order chi connectivity index (χ1) is 11.1. The Morgan fingerprint density at radius 1 is 0.917 bits per heavy atom. The standard InChI is InChI=1S/C11H22N2O7S4/c1-4-7-8-20-9(12-23(14,15)10(21)18-5-2)13-24(16,17)11(22)19-6-3/h9,12-13H,4-8H2,1-3H3. The number of hydrogen-bond acceptors (Lipinski definition) is 9. The number of rotatable bonds is 10. The van der Waals surface area contributed by atoms with E-state index >= 15 is 0 Å². The molecule has 2 N–H and O–H groups in total. The van der Waals surface area contributed by atoms with Gasteiger partial charge in [-0.3, -0.25) is 0 Å². The van der Waals surface area contributed by atoms with Gasteiger partial charge in [0.2, 0.25) is 0 Å². The Hall–Kier alpha value is -0.440. The number of nitrogens with one attached hydrogen (secondary N) is 2. The zero-order chi connectivity index (χ0) is 18.8. The molecule has 0 radical (unpaired) electrons. The number of unbranched alkanes of at least 4 members (excludes halogenated alkanes) is 1. The summed E-state index contributed by atoms with van der Waals surface area (Å²) in [6.07, 6.45) is -0.254. The minimum atomic E-state index is -4.25. The van der Waals surface area contributed by atoms with Gasteiger partial charge in [0, 0.05) is 0 Å². The maximum absolute atomic E-state index is 12.0. The Labute approximate surface area is 153 Å². The van der Waals surface area contributed by atoms with Gasteiger partial charge in [-0.15, -0.1) is 0 Å². The molecule has 0 saturated carbocycles. The molecule has 0 aromatic rings. The van der Waals surface area contributed by atoms with Gasteiger partial charge in [-0.1, -0.05) is 13.3 Å². The van der Waals surface area contributed by atoms with E-state index in [-0.39, 0.29) is 19.8 Å². The van der Waals surface area contributed by atoms with E-state index in [1.54, 1.807) is 13.8 Å². The van der Waals surface area contributed by atoms with Gasteiger partial charge in [0.15, 0.2) is 6.35 Å². The maximum atomic E-state index is 12.0. The van der Waals surface area contributed by atoms with Crippen molar-refractivity contribution >= 4 is 53.2 Å². The van der Waals surface area contributed by atoms with E-state index in [0.29, 0.717) is 6.42 Å². The van der Waals surface area contributed by atoms with Crippen molar-refractivity contribution in [3.63, 3.8) is 0 Å². The van der Waals surface area contributed by atoms with Gasteiger partial charge < -0.3 is 14.2 Å². The van der Waals surface area contributed by atoms with Crippen LogP contribution in [0.2, 0.25) is 0 Å². The lowest BCUT2D eigenvalue weighted by molar-refractivity contribution is 0.0371. The topological polar surface area (TPSA) is 120 Å². The van der Waals surface area contributed by atoms with Crippen molar-refractivity contribution in [1.82, 2.24) is 9.44 Å². The number of sulfonamides is 2. The van der Waals surface area contributed by atoms with Crippen molar-refractivity contribution in [3.8, 4) is 0 Å². The fourth-order valence-electron chi connectivity index (χ4n) is 1.21. The van der Waals surface area contributed by atoms with Gasteiger partial charge in [-0.05, 0) is 44.7 Å². The molecule has 0 fully saturated rings. The van der Waals surface area contributed by atoms with Crippen LogP contribution in [0.25, 0.3) is 0 Å². The second kappa shape index (κ2) is 11.2.